The number of sulfone groups is 1. The van der Waals surface area contributed by atoms with Gasteiger partial charge in [-0.2, -0.15) is 4.39 Å². The van der Waals surface area contributed by atoms with Crippen molar-refractivity contribution in [3.8, 4) is 5.88 Å². The fourth-order valence-corrected chi connectivity index (χ4v) is 5.13. The van der Waals surface area contributed by atoms with Crippen molar-refractivity contribution < 1.29 is 36.2 Å². The molecule has 194 valence electrons. The summed E-state index contributed by atoms with van der Waals surface area (Å²) in [6.07, 6.45) is 3.23. The molecule has 3 fully saturated rings. The Morgan fingerprint density at radius 2 is 1.86 bits per heavy atom. The molecular weight excluding hydrogens is 496 g/mol. The molecule has 1 aromatic carbocycles. The number of anilines is 2. The van der Waals surface area contributed by atoms with Crippen LogP contribution in [-0.2, 0) is 19.3 Å². The van der Waals surface area contributed by atoms with Crippen LogP contribution in [0.2, 0.25) is 0 Å². The van der Waals surface area contributed by atoms with Crippen molar-refractivity contribution in [2.75, 3.05) is 37.9 Å². The van der Waals surface area contributed by atoms with E-state index in [-0.39, 0.29) is 45.7 Å². The molecule has 0 spiro atoms. The van der Waals surface area contributed by atoms with Gasteiger partial charge in [0.15, 0.2) is 9.84 Å². The van der Waals surface area contributed by atoms with Gasteiger partial charge < -0.3 is 24.4 Å². The van der Waals surface area contributed by atoms with E-state index >= 15 is 4.39 Å². The molecule has 1 saturated carbocycles. The number of fused-ring (bicyclic) bond motifs is 2. The van der Waals surface area contributed by atoms with Gasteiger partial charge in [-0.3, -0.25) is 0 Å². The molecule has 2 aromatic rings. The number of nitrogens with one attached hydrogen (secondary N) is 1. The molecule has 1 amide bonds. The summed E-state index contributed by atoms with van der Waals surface area (Å²) in [5.74, 6) is -2.31. The highest BCUT2D eigenvalue weighted by molar-refractivity contribution is 7.90. The van der Waals surface area contributed by atoms with Gasteiger partial charge in [-0.15, -0.1) is 0 Å². The molecule has 3 heterocycles. The van der Waals surface area contributed by atoms with Crippen molar-refractivity contribution in [3.63, 3.8) is 0 Å². The van der Waals surface area contributed by atoms with Crippen LogP contribution < -0.4 is 10.1 Å². The summed E-state index contributed by atoms with van der Waals surface area (Å²) in [4.78, 5) is 18.1. The van der Waals surface area contributed by atoms with Crippen LogP contribution in [0, 0.1) is 23.5 Å². The second kappa shape index (κ2) is 9.15. The maximum atomic E-state index is 15.3. The van der Waals surface area contributed by atoms with Crippen LogP contribution >= 0.6 is 0 Å². The first kappa shape index (κ1) is 24.7. The van der Waals surface area contributed by atoms with Gasteiger partial charge in [0, 0.05) is 37.4 Å². The lowest BCUT2D eigenvalue weighted by molar-refractivity contribution is -0.112. The number of ether oxygens (including phenoxy) is 3. The quantitative estimate of drug-likeness (QED) is 0.613. The molecular formula is C24H27F2N3O6S. The van der Waals surface area contributed by atoms with Crippen molar-refractivity contribution in [3.05, 3.63) is 42.1 Å². The Labute approximate surface area is 207 Å². The first-order valence-corrected chi connectivity index (χ1v) is 13.5. The van der Waals surface area contributed by atoms with E-state index in [4.69, 9.17) is 14.2 Å². The first-order chi connectivity index (χ1) is 17.0. The number of pyridine rings is 1. The van der Waals surface area contributed by atoms with Crippen LogP contribution in [0.25, 0.3) is 0 Å². The number of benzene rings is 1. The lowest BCUT2D eigenvalue weighted by Gasteiger charge is -2.46. The van der Waals surface area contributed by atoms with E-state index in [2.05, 4.69) is 10.3 Å². The highest BCUT2D eigenvalue weighted by atomic mass is 32.2. The zero-order valence-electron chi connectivity index (χ0n) is 19.9. The lowest BCUT2D eigenvalue weighted by Crippen LogP contribution is -2.59. The molecule has 1 N–H and O–H groups in total. The molecule has 5 rings (SSSR count). The fourth-order valence-electron chi connectivity index (χ4n) is 4.50. The number of likely N-dealkylation sites (tertiary alicyclic amines) is 1. The molecule has 12 heteroatoms. The summed E-state index contributed by atoms with van der Waals surface area (Å²) in [5, 5.41) is 2.64. The van der Waals surface area contributed by atoms with E-state index in [0.29, 0.717) is 26.3 Å². The number of hydrogen-bond acceptors (Lipinski definition) is 8. The minimum atomic E-state index is -3.58. The molecule has 0 radical (unpaired) electrons. The van der Waals surface area contributed by atoms with Crippen molar-refractivity contribution in [1.82, 2.24) is 9.88 Å². The molecule has 3 aliphatic rings. The maximum absolute atomic E-state index is 15.3. The third kappa shape index (κ3) is 5.10. The third-order valence-electron chi connectivity index (χ3n) is 6.79. The van der Waals surface area contributed by atoms with Crippen molar-refractivity contribution in [2.24, 2.45) is 11.8 Å². The molecule has 2 bridgehead atoms. The first-order valence-electron chi connectivity index (χ1n) is 11.7. The number of hydrogen-bond donors (Lipinski definition) is 1. The Bertz CT molecular complexity index is 1270. The van der Waals surface area contributed by atoms with Crippen LogP contribution in [0.15, 0.2) is 35.4 Å². The van der Waals surface area contributed by atoms with E-state index in [1.165, 1.54) is 24.4 Å². The number of aromatic nitrogens is 1. The van der Waals surface area contributed by atoms with Crippen molar-refractivity contribution in [1.29, 1.82) is 0 Å². The summed E-state index contributed by atoms with van der Waals surface area (Å²) in [6.45, 7) is 3.31. The van der Waals surface area contributed by atoms with Crippen LogP contribution in [0.1, 0.15) is 19.8 Å². The van der Waals surface area contributed by atoms with Crippen molar-refractivity contribution >= 4 is 27.3 Å². The normalized spacial score (nSPS) is 24.7. The molecule has 2 unspecified atom stereocenters. The number of halogens is 2. The summed E-state index contributed by atoms with van der Waals surface area (Å²) in [6, 6.07) is 4.66. The van der Waals surface area contributed by atoms with E-state index in [1.807, 2.05) is 6.92 Å². The van der Waals surface area contributed by atoms with Gasteiger partial charge in [0.1, 0.15) is 17.5 Å². The molecule has 36 heavy (non-hydrogen) atoms. The Morgan fingerprint density at radius 3 is 2.47 bits per heavy atom. The monoisotopic (exact) mass is 523 g/mol. The van der Waals surface area contributed by atoms with Gasteiger partial charge in [0.25, 0.3) is 5.88 Å². The number of rotatable bonds is 6. The SMILES string of the molecule is CC1(OC(=O)N2CC3COCC(C2)C3Oc2nccc(Nc3ccc(S(C)(=O)=O)cc3F)c2F)CC1. The zero-order valence-corrected chi connectivity index (χ0v) is 20.7. The second-order valence-electron chi connectivity index (χ2n) is 9.88. The smallest absolute Gasteiger partial charge is 0.410 e. The molecule has 2 aliphatic heterocycles. The topological polar surface area (TPSA) is 107 Å². The van der Waals surface area contributed by atoms with Gasteiger partial charge in [-0.1, -0.05) is 0 Å². The maximum Gasteiger partial charge on any atom is 0.410 e. The number of piperidine rings is 1. The number of carbonyl (C=O) groups excluding carboxylic acids is 1. The molecule has 1 aromatic heterocycles. The highest BCUT2D eigenvalue weighted by Crippen LogP contribution is 2.40. The molecule has 2 atom stereocenters. The minimum absolute atomic E-state index is 0.0777. The molecule has 9 nitrogen and oxygen atoms in total. The lowest BCUT2D eigenvalue weighted by atomic mass is 9.84. The number of nitrogens with zero attached hydrogens (tertiary/aromatic N) is 2. The van der Waals surface area contributed by atoms with E-state index in [0.717, 1.165) is 25.2 Å². The van der Waals surface area contributed by atoms with Gasteiger partial charge in [-0.05, 0) is 44.0 Å². The molecule has 1 aliphatic carbocycles. The van der Waals surface area contributed by atoms with Crippen LogP contribution in [0.4, 0.5) is 25.0 Å². The Balaban J connectivity index is 1.30. The van der Waals surface area contributed by atoms with Crippen LogP contribution in [0.5, 0.6) is 5.88 Å². The third-order valence-corrected chi connectivity index (χ3v) is 7.90. The van der Waals surface area contributed by atoms with E-state index in [1.54, 1.807) is 4.90 Å². The van der Waals surface area contributed by atoms with Gasteiger partial charge in [0.05, 0.1) is 29.5 Å². The highest BCUT2D eigenvalue weighted by Gasteiger charge is 2.47. The summed E-state index contributed by atoms with van der Waals surface area (Å²) in [7, 11) is -3.58. The van der Waals surface area contributed by atoms with Crippen LogP contribution in [-0.4, -0.2) is 68.7 Å². The fraction of sp³-hybridized carbons (Fsp3) is 0.500. The Morgan fingerprint density at radius 1 is 1.17 bits per heavy atom. The van der Waals surface area contributed by atoms with Crippen LogP contribution in [0.3, 0.4) is 0 Å². The van der Waals surface area contributed by atoms with Gasteiger partial charge in [0.2, 0.25) is 5.82 Å². The van der Waals surface area contributed by atoms with E-state index < -0.39 is 27.6 Å². The van der Waals surface area contributed by atoms with Gasteiger partial charge in [-0.25, -0.2) is 22.6 Å². The Kier molecular flexibility index (Phi) is 6.27. The average Bonchev–Trinajstić information content (AvgIpc) is 3.53. The standard InChI is InChI=1S/C24H27F2N3O6S/c1-24(6-7-24)35-23(30)29-10-14-12-33-13-15(11-29)21(14)34-22-20(26)19(5-8-27-22)28-18-4-3-16(9-17(18)25)36(2,31)32/h3-5,8-9,14-15,21H,6-7,10-13H2,1-2H3,(H,27,28). The van der Waals surface area contributed by atoms with E-state index in [9.17, 15) is 17.6 Å². The predicted molar refractivity (Wildman–Crippen MR) is 125 cm³/mol. The summed E-state index contributed by atoms with van der Waals surface area (Å²) >= 11 is 0. The predicted octanol–water partition coefficient (Wildman–Crippen LogP) is 3.52. The second-order valence-corrected chi connectivity index (χ2v) is 11.9. The Hall–Kier alpha value is -2.99. The number of amides is 1. The van der Waals surface area contributed by atoms with Crippen molar-refractivity contribution in [2.45, 2.75) is 36.4 Å². The minimum Gasteiger partial charge on any atom is -0.471 e. The average molecular weight is 524 g/mol. The van der Waals surface area contributed by atoms with Gasteiger partial charge >= 0.3 is 6.09 Å². The largest absolute Gasteiger partial charge is 0.471 e. The molecule has 2 saturated heterocycles. The summed E-state index contributed by atoms with van der Waals surface area (Å²) in [5.41, 5.74) is -0.549. The number of carbonyl (C=O) groups is 1. The summed E-state index contributed by atoms with van der Waals surface area (Å²) < 4.78 is 70.3. The zero-order chi connectivity index (χ0) is 25.7.